The van der Waals surface area contributed by atoms with E-state index >= 15 is 0 Å². The standard InChI is InChI=1S/C25H30N4O4S/c1-18-5-11-23(12-6-18)34(31,32)27(4)22-9-7-21(8-10-22)25(30)29-15-13-28(14-16-29)17-24-19(2)26-33-20(24)3/h5-12H,13-17H2,1-4H3. The number of carbonyl (C=O) groups is 1. The van der Waals surface area contributed by atoms with E-state index < -0.39 is 10.0 Å². The molecule has 1 aliphatic rings. The van der Waals surface area contributed by atoms with Crippen LogP contribution in [0.1, 0.15) is 32.9 Å². The summed E-state index contributed by atoms with van der Waals surface area (Å²) in [6, 6.07) is 13.5. The summed E-state index contributed by atoms with van der Waals surface area (Å²) in [6.07, 6.45) is 0. The highest BCUT2D eigenvalue weighted by atomic mass is 32.2. The number of nitrogens with zero attached hydrogens (tertiary/aromatic N) is 4. The van der Waals surface area contributed by atoms with E-state index in [-0.39, 0.29) is 10.8 Å². The fourth-order valence-electron chi connectivity index (χ4n) is 4.06. The van der Waals surface area contributed by atoms with Crippen molar-refractivity contribution in [3.63, 3.8) is 0 Å². The zero-order valence-electron chi connectivity index (χ0n) is 20.0. The van der Waals surface area contributed by atoms with E-state index in [2.05, 4.69) is 10.1 Å². The van der Waals surface area contributed by atoms with Gasteiger partial charge in [-0.3, -0.25) is 14.0 Å². The second kappa shape index (κ2) is 9.60. The smallest absolute Gasteiger partial charge is 0.264 e. The van der Waals surface area contributed by atoms with Gasteiger partial charge in [-0.15, -0.1) is 0 Å². The van der Waals surface area contributed by atoms with Crippen molar-refractivity contribution in [1.29, 1.82) is 0 Å². The monoisotopic (exact) mass is 482 g/mol. The van der Waals surface area contributed by atoms with Gasteiger partial charge in [-0.05, 0) is 57.2 Å². The van der Waals surface area contributed by atoms with Gasteiger partial charge in [0.25, 0.3) is 15.9 Å². The lowest BCUT2D eigenvalue weighted by molar-refractivity contribution is 0.0627. The van der Waals surface area contributed by atoms with E-state index in [1.54, 1.807) is 48.5 Å². The molecular formula is C25H30N4O4S. The minimum absolute atomic E-state index is 0.0485. The number of hydrogen-bond donors (Lipinski definition) is 0. The van der Waals surface area contributed by atoms with Gasteiger partial charge in [-0.25, -0.2) is 8.42 Å². The average molecular weight is 483 g/mol. The Morgan fingerprint density at radius 1 is 0.971 bits per heavy atom. The van der Waals surface area contributed by atoms with Crippen molar-refractivity contribution in [2.24, 2.45) is 0 Å². The molecule has 8 nitrogen and oxygen atoms in total. The predicted molar refractivity (Wildman–Crippen MR) is 130 cm³/mol. The van der Waals surface area contributed by atoms with Crippen LogP contribution in [0.25, 0.3) is 0 Å². The van der Waals surface area contributed by atoms with Crippen LogP contribution in [0.3, 0.4) is 0 Å². The third-order valence-corrected chi connectivity index (χ3v) is 8.18. The molecule has 0 radical (unpaired) electrons. The third-order valence-electron chi connectivity index (χ3n) is 6.38. The van der Waals surface area contributed by atoms with Crippen molar-refractivity contribution in [2.75, 3.05) is 37.5 Å². The minimum atomic E-state index is -3.68. The third kappa shape index (κ3) is 4.85. The molecule has 1 aliphatic heterocycles. The lowest BCUT2D eigenvalue weighted by atomic mass is 10.1. The zero-order chi connectivity index (χ0) is 24.5. The molecule has 180 valence electrons. The molecule has 2 aromatic carbocycles. The summed E-state index contributed by atoms with van der Waals surface area (Å²) < 4.78 is 32.4. The van der Waals surface area contributed by atoms with E-state index in [1.807, 2.05) is 25.7 Å². The van der Waals surface area contributed by atoms with Crippen molar-refractivity contribution < 1.29 is 17.7 Å². The van der Waals surface area contributed by atoms with E-state index in [9.17, 15) is 13.2 Å². The van der Waals surface area contributed by atoms with Gasteiger partial charge in [-0.1, -0.05) is 22.9 Å². The quantitative estimate of drug-likeness (QED) is 0.535. The number of aryl methyl sites for hydroxylation is 3. The number of hydrogen-bond acceptors (Lipinski definition) is 6. The summed E-state index contributed by atoms with van der Waals surface area (Å²) in [6.45, 7) is 9.34. The first-order valence-electron chi connectivity index (χ1n) is 11.3. The number of carbonyl (C=O) groups excluding carboxylic acids is 1. The lowest BCUT2D eigenvalue weighted by Gasteiger charge is -2.34. The molecular weight excluding hydrogens is 452 g/mol. The predicted octanol–water partition coefficient (Wildman–Crippen LogP) is 3.38. The van der Waals surface area contributed by atoms with Crippen LogP contribution in [-0.4, -0.2) is 62.5 Å². The molecule has 1 fully saturated rings. The topological polar surface area (TPSA) is 87.0 Å². The molecule has 4 rings (SSSR count). The Labute approximate surface area is 200 Å². The molecule has 0 unspecified atom stereocenters. The molecule has 1 aromatic heterocycles. The maximum absolute atomic E-state index is 13.0. The summed E-state index contributed by atoms with van der Waals surface area (Å²) in [5.74, 6) is 0.790. The Morgan fingerprint density at radius 2 is 1.59 bits per heavy atom. The number of piperazine rings is 1. The lowest BCUT2D eigenvalue weighted by Crippen LogP contribution is -2.48. The maximum Gasteiger partial charge on any atom is 0.264 e. The molecule has 0 saturated carbocycles. The Kier molecular flexibility index (Phi) is 6.77. The fraction of sp³-hybridized carbons (Fsp3) is 0.360. The van der Waals surface area contributed by atoms with Crippen LogP contribution in [0.5, 0.6) is 0 Å². The van der Waals surface area contributed by atoms with Gasteiger partial charge >= 0.3 is 0 Å². The van der Waals surface area contributed by atoms with Crippen LogP contribution < -0.4 is 4.31 Å². The second-order valence-electron chi connectivity index (χ2n) is 8.70. The van der Waals surface area contributed by atoms with Crippen molar-refractivity contribution in [3.05, 3.63) is 76.7 Å². The molecule has 0 aliphatic carbocycles. The SMILES string of the molecule is Cc1ccc(S(=O)(=O)N(C)c2ccc(C(=O)N3CCN(Cc4c(C)noc4C)CC3)cc2)cc1. The van der Waals surface area contributed by atoms with Crippen LogP contribution in [0.4, 0.5) is 5.69 Å². The van der Waals surface area contributed by atoms with E-state index in [0.717, 1.165) is 42.2 Å². The summed E-state index contributed by atoms with van der Waals surface area (Å²) in [5, 5.41) is 4.01. The molecule has 3 aromatic rings. The number of aromatic nitrogens is 1. The molecule has 0 N–H and O–H groups in total. The van der Waals surface area contributed by atoms with Gasteiger partial charge in [0, 0.05) is 50.9 Å². The highest BCUT2D eigenvalue weighted by Crippen LogP contribution is 2.23. The molecule has 34 heavy (non-hydrogen) atoms. The van der Waals surface area contributed by atoms with Gasteiger partial charge in [0.2, 0.25) is 0 Å². The largest absolute Gasteiger partial charge is 0.361 e. The summed E-state index contributed by atoms with van der Waals surface area (Å²) in [4.78, 5) is 17.4. The first-order chi connectivity index (χ1) is 16.2. The molecule has 0 atom stereocenters. The van der Waals surface area contributed by atoms with Crippen LogP contribution in [0.15, 0.2) is 57.9 Å². The number of anilines is 1. The average Bonchev–Trinajstić information content (AvgIpc) is 3.16. The Bertz CT molecular complexity index is 1240. The van der Waals surface area contributed by atoms with Crippen LogP contribution in [0.2, 0.25) is 0 Å². The Hall–Kier alpha value is -3.17. The van der Waals surface area contributed by atoms with Crippen LogP contribution in [0, 0.1) is 20.8 Å². The normalized spacial score (nSPS) is 14.9. The minimum Gasteiger partial charge on any atom is -0.361 e. The number of amides is 1. The van der Waals surface area contributed by atoms with Crippen molar-refractivity contribution in [3.8, 4) is 0 Å². The fourth-order valence-corrected chi connectivity index (χ4v) is 5.26. The van der Waals surface area contributed by atoms with E-state index in [4.69, 9.17) is 4.52 Å². The van der Waals surface area contributed by atoms with Crippen molar-refractivity contribution in [2.45, 2.75) is 32.2 Å². The Balaban J connectivity index is 1.38. The second-order valence-corrected chi connectivity index (χ2v) is 10.7. The molecule has 2 heterocycles. The first kappa shape index (κ1) is 24.0. The molecule has 1 amide bonds. The highest BCUT2D eigenvalue weighted by molar-refractivity contribution is 7.92. The first-order valence-corrected chi connectivity index (χ1v) is 12.7. The summed E-state index contributed by atoms with van der Waals surface area (Å²) >= 11 is 0. The molecule has 0 spiro atoms. The zero-order valence-corrected chi connectivity index (χ0v) is 20.8. The Morgan fingerprint density at radius 3 is 2.15 bits per heavy atom. The van der Waals surface area contributed by atoms with Crippen molar-refractivity contribution >= 4 is 21.6 Å². The van der Waals surface area contributed by atoms with Crippen molar-refractivity contribution in [1.82, 2.24) is 15.0 Å². The highest BCUT2D eigenvalue weighted by Gasteiger charge is 2.25. The number of benzene rings is 2. The maximum atomic E-state index is 13.0. The number of rotatable bonds is 6. The summed E-state index contributed by atoms with van der Waals surface area (Å²) in [7, 11) is -2.16. The van der Waals surface area contributed by atoms with Crippen LogP contribution >= 0.6 is 0 Å². The molecule has 9 heteroatoms. The molecule has 1 saturated heterocycles. The van der Waals surface area contributed by atoms with E-state index in [0.29, 0.717) is 24.3 Å². The van der Waals surface area contributed by atoms with E-state index in [1.165, 1.54) is 11.4 Å². The summed E-state index contributed by atoms with van der Waals surface area (Å²) in [5.41, 5.74) is 4.06. The number of sulfonamides is 1. The van der Waals surface area contributed by atoms with Gasteiger partial charge in [0.15, 0.2) is 0 Å². The van der Waals surface area contributed by atoms with Gasteiger partial charge < -0.3 is 9.42 Å². The van der Waals surface area contributed by atoms with Gasteiger partial charge in [0.05, 0.1) is 16.3 Å². The van der Waals surface area contributed by atoms with Gasteiger partial charge in [-0.2, -0.15) is 0 Å². The van der Waals surface area contributed by atoms with Crippen LogP contribution in [-0.2, 0) is 16.6 Å². The molecule has 0 bridgehead atoms. The van der Waals surface area contributed by atoms with Gasteiger partial charge in [0.1, 0.15) is 5.76 Å².